The molecule has 1 saturated carbocycles. The van der Waals surface area contributed by atoms with E-state index in [1.165, 1.54) is 7.11 Å². The van der Waals surface area contributed by atoms with E-state index in [9.17, 15) is 14.4 Å². The number of amides is 1. The van der Waals surface area contributed by atoms with E-state index in [4.69, 9.17) is 25.5 Å². The maximum absolute atomic E-state index is 13.6. The topological polar surface area (TPSA) is 86.0 Å². The second-order valence-electron chi connectivity index (χ2n) is 8.31. The summed E-state index contributed by atoms with van der Waals surface area (Å²) in [5.74, 6) is -0.519. The number of esters is 1. The van der Waals surface area contributed by atoms with Gasteiger partial charge in [0.15, 0.2) is 11.5 Å². The lowest BCUT2D eigenvalue weighted by Crippen LogP contribution is -2.41. The van der Waals surface area contributed by atoms with Crippen molar-refractivity contribution in [2.45, 2.75) is 43.3 Å². The summed E-state index contributed by atoms with van der Waals surface area (Å²) in [5, 5.41) is -0.0833. The monoisotopic (exact) mass is 455 g/mol. The average Bonchev–Trinajstić information content (AvgIpc) is 3.41. The highest BCUT2D eigenvalue weighted by atomic mass is 35.5. The highest BCUT2D eigenvalue weighted by molar-refractivity contribution is 6.21. The molecule has 3 heterocycles. The number of ketones is 1. The smallest absolute Gasteiger partial charge is 0.337 e. The van der Waals surface area contributed by atoms with Crippen LogP contribution in [0.25, 0.3) is 0 Å². The predicted octanol–water partition coefficient (Wildman–Crippen LogP) is 3.78. The second kappa shape index (κ2) is 8.13. The number of carbonyl (C=O) groups excluding carboxylic acids is 3. The van der Waals surface area contributed by atoms with Gasteiger partial charge < -0.3 is 18.8 Å². The first-order valence-corrected chi connectivity index (χ1v) is 11.0. The molecule has 0 radical (unpaired) electrons. The molecule has 5 rings (SSSR count). The Bertz CT molecular complexity index is 1090. The summed E-state index contributed by atoms with van der Waals surface area (Å²) in [7, 11) is 1.32. The number of furan rings is 1. The molecule has 0 saturated heterocycles. The number of halogens is 1. The van der Waals surface area contributed by atoms with Gasteiger partial charge in [-0.25, -0.2) is 4.79 Å². The SMILES string of the molecule is COC(=O)c1ccc(C2C3=C(OC4CCC(Cl)CC4C3=O)C(=O)N2Cc2ccco2)cc1. The zero-order valence-electron chi connectivity index (χ0n) is 17.5. The van der Waals surface area contributed by atoms with E-state index in [2.05, 4.69) is 0 Å². The summed E-state index contributed by atoms with van der Waals surface area (Å²) in [6.45, 7) is 0.187. The van der Waals surface area contributed by atoms with Crippen LogP contribution in [0.1, 0.15) is 47.0 Å². The third kappa shape index (κ3) is 3.41. The minimum absolute atomic E-state index is 0.0833. The van der Waals surface area contributed by atoms with Crippen molar-refractivity contribution in [3.8, 4) is 0 Å². The lowest BCUT2D eigenvalue weighted by Gasteiger charge is -2.37. The molecule has 1 amide bonds. The number of hydrogen-bond acceptors (Lipinski definition) is 6. The van der Waals surface area contributed by atoms with Crippen molar-refractivity contribution in [3.05, 3.63) is 70.9 Å². The van der Waals surface area contributed by atoms with Gasteiger partial charge >= 0.3 is 5.97 Å². The fourth-order valence-corrected chi connectivity index (χ4v) is 5.18. The second-order valence-corrected chi connectivity index (χ2v) is 8.93. The number of fused-ring (bicyclic) bond motifs is 1. The molecule has 3 aliphatic rings. The Balaban J connectivity index is 1.56. The molecule has 2 aliphatic heterocycles. The molecule has 32 heavy (non-hydrogen) atoms. The van der Waals surface area contributed by atoms with E-state index in [1.54, 1.807) is 47.6 Å². The van der Waals surface area contributed by atoms with Gasteiger partial charge in [-0.3, -0.25) is 9.59 Å². The third-order valence-corrected chi connectivity index (χ3v) is 6.83. The van der Waals surface area contributed by atoms with E-state index in [0.29, 0.717) is 35.3 Å². The van der Waals surface area contributed by atoms with Crippen LogP contribution < -0.4 is 0 Å². The normalized spacial score (nSPS) is 27.1. The molecule has 1 aromatic carbocycles. The quantitative estimate of drug-likeness (QED) is 0.515. The molecular weight excluding hydrogens is 434 g/mol. The maximum atomic E-state index is 13.6. The Kier molecular flexibility index (Phi) is 5.29. The van der Waals surface area contributed by atoms with Crippen LogP contribution in [0, 0.1) is 5.92 Å². The minimum Gasteiger partial charge on any atom is -0.483 e. The van der Waals surface area contributed by atoms with Crippen molar-refractivity contribution >= 4 is 29.3 Å². The summed E-state index contributed by atoms with van der Waals surface area (Å²) in [4.78, 5) is 40.5. The van der Waals surface area contributed by atoms with Gasteiger partial charge in [0.2, 0.25) is 0 Å². The number of rotatable bonds is 4. The van der Waals surface area contributed by atoms with E-state index < -0.39 is 12.0 Å². The molecule has 1 aromatic heterocycles. The van der Waals surface area contributed by atoms with Crippen LogP contribution in [-0.2, 0) is 25.6 Å². The number of ether oxygens (including phenoxy) is 2. The van der Waals surface area contributed by atoms with E-state index in [1.807, 2.05) is 0 Å². The van der Waals surface area contributed by atoms with Crippen LogP contribution in [0.2, 0.25) is 0 Å². The summed E-state index contributed by atoms with van der Waals surface area (Å²) < 4.78 is 16.4. The van der Waals surface area contributed by atoms with Crippen molar-refractivity contribution in [1.82, 2.24) is 4.90 Å². The Morgan fingerprint density at radius 2 is 1.97 bits per heavy atom. The van der Waals surface area contributed by atoms with Crippen molar-refractivity contribution in [2.24, 2.45) is 5.92 Å². The van der Waals surface area contributed by atoms with E-state index >= 15 is 0 Å². The van der Waals surface area contributed by atoms with Gasteiger partial charge in [-0.15, -0.1) is 11.6 Å². The first-order chi connectivity index (χ1) is 15.5. The number of nitrogens with zero attached hydrogens (tertiary/aromatic N) is 1. The molecule has 4 unspecified atom stereocenters. The zero-order chi connectivity index (χ0) is 22.4. The highest BCUT2D eigenvalue weighted by Gasteiger charge is 2.52. The Morgan fingerprint density at radius 3 is 2.66 bits per heavy atom. The first kappa shape index (κ1) is 20.8. The molecule has 0 N–H and O–H groups in total. The average molecular weight is 456 g/mol. The molecule has 1 aliphatic carbocycles. The van der Waals surface area contributed by atoms with Crippen molar-refractivity contribution < 1.29 is 28.3 Å². The maximum Gasteiger partial charge on any atom is 0.337 e. The standard InChI is InChI=1S/C24H22ClNO6/c1-30-24(29)14-6-4-13(5-7-14)20-19-21(27)17-11-15(25)8-9-18(17)32-22(19)23(28)26(20)12-16-3-2-10-31-16/h2-7,10,15,17-18,20H,8-9,11-12H2,1H3. The summed E-state index contributed by atoms with van der Waals surface area (Å²) in [6, 6.07) is 9.62. The Morgan fingerprint density at radius 1 is 1.19 bits per heavy atom. The van der Waals surface area contributed by atoms with Crippen LogP contribution in [0.3, 0.4) is 0 Å². The van der Waals surface area contributed by atoms with Crippen molar-refractivity contribution in [1.29, 1.82) is 0 Å². The number of hydrogen-bond donors (Lipinski definition) is 0. The molecule has 1 fully saturated rings. The number of methoxy groups -OCH3 is 1. The van der Waals surface area contributed by atoms with E-state index in [-0.39, 0.29) is 41.4 Å². The van der Waals surface area contributed by atoms with Crippen LogP contribution in [0.5, 0.6) is 0 Å². The van der Waals surface area contributed by atoms with Crippen molar-refractivity contribution in [3.63, 3.8) is 0 Å². The fourth-order valence-electron chi connectivity index (χ4n) is 4.86. The lowest BCUT2D eigenvalue weighted by atomic mass is 9.77. The van der Waals surface area contributed by atoms with Crippen molar-refractivity contribution in [2.75, 3.05) is 7.11 Å². The van der Waals surface area contributed by atoms with Gasteiger partial charge in [-0.1, -0.05) is 12.1 Å². The third-order valence-electron chi connectivity index (χ3n) is 6.43. The minimum atomic E-state index is -0.640. The summed E-state index contributed by atoms with van der Waals surface area (Å²) in [5.41, 5.74) is 1.45. The van der Waals surface area contributed by atoms with Gasteiger partial charge in [-0.05, 0) is 49.1 Å². The Labute approximate surface area is 189 Å². The van der Waals surface area contributed by atoms with Gasteiger partial charge in [-0.2, -0.15) is 0 Å². The number of Topliss-reactive ketones (excluding diaryl/α,β-unsaturated/α-hetero) is 1. The predicted molar refractivity (Wildman–Crippen MR) is 114 cm³/mol. The molecule has 8 heteroatoms. The highest BCUT2D eigenvalue weighted by Crippen LogP contribution is 2.47. The molecule has 0 bridgehead atoms. The molecule has 4 atom stereocenters. The summed E-state index contributed by atoms with van der Waals surface area (Å²) in [6.07, 6.45) is 3.14. The molecule has 2 aromatic rings. The van der Waals surface area contributed by atoms with E-state index in [0.717, 1.165) is 6.42 Å². The van der Waals surface area contributed by atoms with Gasteiger partial charge in [0.1, 0.15) is 11.9 Å². The van der Waals surface area contributed by atoms with Gasteiger partial charge in [0.05, 0.1) is 43.0 Å². The lowest BCUT2D eigenvalue weighted by molar-refractivity contribution is -0.135. The number of benzene rings is 1. The summed E-state index contributed by atoms with van der Waals surface area (Å²) >= 11 is 6.35. The molecule has 0 spiro atoms. The zero-order valence-corrected chi connectivity index (χ0v) is 18.2. The molecule has 166 valence electrons. The van der Waals surface area contributed by atoms with Crippen LogP contribution in [0.15, 0.2) is 58.4 Å². The van der Waals surface area contributed by atoms with Crippen LogP contribution >= 0.6 is 11.6 Å². The Hall–Kier alpha value is -3.06. The molecule has 7 nitrogen and oxygen atoms in total. The largest absolute Gasteiger partial charge is 0.483 e. The van der Waals surface area contributed by atoms with Crippen LogP contribution in [-0.4, -0.2) is 41.2 Å². The first-order valence-electron chi connectivity index (χ1n) is 10.6. The molecular formula is C24H22ClNO6. The number of alkyl halides is 1. The van der Waals surface area contributed by atoms with Crippen LogP contribution in [0.4, 0.5) is 0 Å². The van der Waals surface area contributed by atoms with Gasteiger partial charge in [0, 0.05) is 5.38 Å². The fraction of sp³-hybridized carbons (Fsp3) is 0.375. The number of carbonyl (C=O) groups is 3. The van der Waals surface area contributed by atoms with Gasteiger partial charge in [0.25, 0.3) is 5.91 Å².